The number of nitrogens with zero attached hydrogens (tertiary/aromatic N) is 1. The fourth-order valence-electron chi connectivity index (χ4n) is 2.54. The second-order valence-electron chi connectivity index (χ2n) is 6.04. The van der Waals surface area contributed by atoms with Crippen LogP contribution in [0.15, 0.2) is 24.3 Å². The van der Waals surface area contributed by atoms with Gasteiger partial charge in [-0.15, -0.1) is 0 Å². The third-order valence-electron chi connectivity index (χ3n) is 4.05. The molecule has 1 fully saturated rings. The van der Waals surface area contributed by atoms with Gasteiger partial charge in [0.2, 0.25) is 17.7 Å². The topological polar surface area (TPSA) is 116 Å². The first-order valence-corrected chi connectivity index (χ1v) is 7.97. The lowest BCUT2D eigenvalue weighted by Crippen LogP contribution is -2.39. The van der Waals surface area contributed by atoms with E-state index in [2.05, 4.69) is 10.6 Å². The summed E-state index contributed by atoms with van der Waals surface area (Å²) in [5.41, 5.74) is 1.29. The summed E-state index contributed by atoms with van der Waals surface area (Å²) in [7, 11) is 1.72. The Morgan fingerprint density at radius 1 is 1.24 bits per heavy atom. The normalized spacial score (nSPS) is 17.1. The molecule has 8 heteroatoms. The quantitative estimate of drug-likeness (QED) is 0.681. The van der Waals surface area contributed by atoms with E-state index in [1.165, 1.54) is 0 Å². The van der Waals surface area contributed by atoms with E-state index in [-0.39, 0.29) is 36.5 Å². The molecule has 1 saturated heterocycles. The summed E-state index contributed by atoms with van der Waals surface area (Å²) in [6.45, 7) is 0.156. The average Bonchev–Trinajstić information content (AvgIpc) is 2.57. The lowest BCUT2D eigenvalue weighted by atomic mass is 9.95. The van der Waals surface area contributed by atoms with Crippen molar-refractivity contribution in [3.63, 3.8) is 0 Å². The summed E-state index contributed by atoms with van der Waals surface area (Å²) >= 11 is 0. The summed E-state index contributed by atoms with van der Waals surface area (Å²) in [6, 6.07) is 6.73. The van der Waals surface area contributed by atoms with Crippen molar-refractivity contribution in [1.82, 2.24) is 10.2 Å². The van der Waals surface area contributed by atoms with E-state index in [0.717, 1.165) is 0 Å². The second-order valence-corrected chi connectivity index (χ2v) is 6.04. The van der Waals surface area contributed by atoms with Crippen molar-refractivity contribution in [1.29, 1.82) is 0 Å². The molecule has 3 amide bonds. The van der Waals surface area contributed by atoms with Crippen molar-refractivity contribution in [2.75, 3.05) is 25.5 Å². The molecule has 0 aliphatic carbocycles. The summed E-state index contributed by atoms with van der Waals surface area (Å²) < 4.78 is 0. The van der Waals surface area contributed by atoms with Gasteiger partial charge in [-0.3, -0.25) is 19.2 Å². The van der Waals surface area contributed by atoms with Gasteiger partial charge in [0.25, 0.3) is 0 Å². The first-order valence-electron chi connectivity index (χ1n) is 7.97. The molecule has 1 aliphatic rings. The van der Waals surface area contributed by atoms with Gasteiger partial charge in [0.05, 0.1) is 6.42 Å². The summed E-state index contributed by atoms with van der Waals surface area (Å²) in [5, 5.41) is 13.6. The van der Waals surface area contributed by atoms with Crippen LogP contribution < -0.4 is 10.6 Å². The Morgan fingerprint density at radius 2 is 1.92 bits per heavy atom. The van der Waals surface area contributed by atoms with Crippen molar-refractivity contribution >= 4 is 29.4 Å². The summed E-state index contributed by atoms with van der Waals surface area (Å²) in [6.07, 6.45) is 0.908. The molecule has 1 aromatic carbocycles. The van der Waals surface area contributed by atoms with E-state index < -0.39 is 12.5 Å². The number of nitrogens with one attached hydrogen (secondary N) is 2. The summed E-state index contributed by atoms with van der Waals surface area (Å²) in [5.74, 6) is -2.03. The molecular weight excluding hydrogens is 326 g/mol. The van der Waals surface area contributed by atoms with Gasteiger partial charge in [-0.1, -0.05) is 12.1 Å². The highest BCUT2D eigenvalue weighted by Crippen LogP contribution is 2.20. The minimum Gasteiger partial charge on any atom is -0.480 e. The maximum atomic E-state index is 12.2. The molecule has 0 aromatic heterocycles. The molecule has 1 unspecified atom stereocenters. The van der Waals surface area contributed by atoms with E-state index in [4.69, 9.17) is 5.11 Å². The highest BCUT2D eigenvalue weighted by Gasteiger charge is 2.28. The smallest absolute Gasteiger partial charge is 0.322 e. The Kier molecular flexibility index (Phi) is 6.10. The van der Waals surface area contributed by atoms with Crippen LogP contribution in [0.5, 0.6) is 0 Å². The maximum Gasteiger partial charge on any atom is 0.322 e. The van der Waals surface area contributed by atoms with Gasteiger partial charge in [0.1, 0.15) is 6.54 Å². The SMILES string of the molecule is CN1CCC(C(=O)Nc2ccc(CC(=O)NCC(=O)O)cc2)CC1=O. The van der Waals surface area contributed by atoms with Crippen LogP contribution in [-0.2, 0) is 25.6 Å². The predicted octanol–water partition coefficient (Wildman–Crippen LogP) is 0.237. The first-order chi connectivity index (χ1) is 11.8. The fraction of sp³-hybridized carbons (Fsp3) is 0.412. The highest BCUT2D eigenvalue weighted by atomic mass is 16.4. The number of hydrogen-bond donors (Lipinski definition) is 3. The number of carbonyl (C=O) groups is 4. The zero-order valence-corrected chi connectivity index (χ0v) is 13.9. The third-order valence-corrected chi connectivity index (χ3v) is 4.05. The van der Waals surface area contributed by atoms with Crippen molar-refractivity contribution in [3.8, 4) is 0 Å². The first kappa shape index (κ1) is 18.4. The van der Waals surface area contributed by atoms with Gasteiger partial charge in [0, 0.05) is 31.6 Å². The lowest BCUT2D eigenvalue weighted by Gasteiger charge is -2.27. The molecule has 0 bridgehead atoms. The van der Waals surface area contributed by atoms with Crippen molar-refractivity contribution in [3.05, 3.63) is 29.8 Å². The summed E-state index contributed by atoms with van der Waals surface area (Å²) in [4.78, 5) is 47.5. The number of carboxylic acids is 1. The number of benzene rings is 1. The molecule has 3 N–H and O–H groups in total. The predicted molar refractivity (Wildman–Crippen MR) is 89.8 cm³/mol. The van der Waals surface area contributed by atoms with Crippen LogP contribution in [0.2, 0.25) is 0 Å². The third kappa shape index (κ3) is 5.59. The van der Waals surface area contributed by atoms with Gasteiger partial charge in [-0.25, -0.2) is 0 Å². The van der Waals surface area contributed by atoms with Crippen LogP contribution in [-0.4, -0.2) is 53.8 Å². The average molecular weight is 347 g/mol. The number of aliphatic carboxylic acids is 1. The minimum absolute atomic E-state index is 0.0332. The van der Waals surface area contributed by atoms with Crippen molar-refractivity contribution in [2.24, 2.45) is 5.92 Å². The van der Waals surface area contributed by atoms with Gasteiger partial charge >= 0.3 is 5.97 Å². The maximum absolute atomic E-state index is 12.2. The number of likely N-dealkylation sites (tertiary alicyclic amines) is 1. The number of hydrogen-bond acceptors (Lipinski definition) is 4. The van der Waals surface area contributed by atoms with Gasteiger partial charge in [-0.05, 0) is 24.1 Å². The Hall–Kier alpha value is -2.90. The van der Waals surface area contributed by atoms with Crippen LogP contribution in [0.4, 0.5) is 5.69 Å². The molecule has 0 spiro atoms. The Labute approximate surface area is 145 Å². The standard InChI is InChI=1S/C17H21N3O5/c1-20-7-6-12(9-15(20)22)17(25)19-13-4-2-11(3-5-13)8-14(21)18-10-16(23)24/h2-5,12H,6-10H2,1H3,(H,18,21)(H,19,25)(H,23,24). The number of carboxylic acid groups (broad SMARTS) is 1. The molecule has 2 rings (SSSR count). The Bertz CT molecular complexity index is 671. The van der Waals surface area contributed by atoms with Crippen molar-refractivity contribution in [2.45, 2.75) is 19.3 Å². The van der Waals surface area contributed by atoms with E-state index in [9.17, 15) is 19.2 Å². The molecule has 8 nitrogen and oxygen atoms in total. The van der Waals surface area contributed by atoms with Gasteiger partial charge < -0.3 is 20.6 Å². The van der Waals surface area contributed by atoms with Crippen LogP contribution in [0.1, 0.15) is 18.4 Å². The molecule has 1 heterocycles. The molecule has 25 heavy (non-hydrogen) atoms. The number of piperidine rings is 1. The van der Waals surface area contributed by atoms with Gasteiger partial charge in [-0.2, -0.15) is 0 Å². The van der Waals surface area contributed by atoms with Crippen LogP contribution in [0, 0.1) is 5.92 Å². The Morgan fingerprint density at radius 3 is 2.52 bits per heavy atom. The van der Waals surface area contributed by atoms with E-state index in [0.29, 0.717) is 24.2 Å². The monoisotopic (exact) mass is 347 g/mol. The fourth-order valence-corrected chi connectivity index (χ4v) is 2.54. The van der Waals surface area contributed by atoms with Crippen LogP contribution >= 0.6 is 0 Å². The van der Waals surface area contributed by atoms with E-state index in [1.807, 2.05) is 0 Å². The Balaban J connectivity index is 1.85. The molecule has 1 aromatic rings. The zero-order chi connectivity index (χ0) is 18.4. The van der Waals surface area contributed by atoms with Crippen molar-refractivity contribution < 1.29 is 24.3 Å². The lowest BCUT2D eigenvalue weighted by molar-refractivity contribution is -0.138. The van der Waals surface area contributed by atoms with Gasteiger partial charge in [0.15, 0.2) is 0 Å². The number of carbonyl (C=O) groups excluding carboxylic acids is 3. The second kappa shape index (κ2) is 8.27. The zero-order valence-electron chi connectivity index (χ0n) is 13.9. The minimum atomic E-state index is -1.10. The molecule has 1 atom stereocenters. The molecule has 1 aliphatic heterocycles. The van der Waals surface area contributed by atoms with E-state index in [1.54, 1.807) is 36.2 Å². The number of anilines is 1. The van der Waals surface area contributed by atoms with E-state index >= 15 is 0 Å². The van der Waals surface area contributed by atoms with Crippen LogP contribution in [0.25, 0.3) is 0 Å². The molecule has 0 radical (unpaired) electrons. The van der Waals surface area contributed by atoms with Crippen LogP contribution in [0.3, 0.4) is 0 Å². The molecular formula is C17H21N3O5. The molecule has 134 valence electrons. The molecule has 0 saturated carbocycles. The number of rotatable bonds is 6. The largest absolute Gasteiger partial charge is 0.480 e. The number of amides is 3. The highest BCUT2D eigenvalue weighted by molar-refractivity contribution is 5.95.